The van der Waals surface area contributed by atoms with Crippen molar-refractivity contribution >= 4 is 38.8 Å². The second kappa shape index (κ2) is 5.10. The minimum absolute atomic E-state index is 0.00658. The summed E-state index contributed by atoms with van der Waals surface area (Å²) >= 11 is 1.32. The summed E-state index contributed by atoms with van der Waals surface area (Å²) in [5, 5.41) is 14.8. The fraction of sp³-hybridized carbons (Fsp3) is 0. The molecule has 0 saturated heterocycles. The Hall–Kier alpha value is -2.53. The third kappa shape index (κ3) is 2.21. The predicted octanol–water partition coefficient (Wildman–Crippen LogP) is 0.375. The number of rotatable bonds is 3. The topological polar surface area (TPSA) is 90.4 Å². The first kappa shape index (κ1) is 13.5. The molecule has 0 N–H and O–H groups in total. The van der Waals surface area contributed by atoms with Crippen molar-refractivity contribution in [1.82, 2.24) is 14.6 Å². The van der Waals surface area contributed by atoms with Crippen LogP contribution in [0.1, 0.15) is 10.4 Å². The van der Waals surface area contributed by atoms with Gasteiger partial charge in [0.15, 0.2) is 0 Å². The van der Waals surface area contributed by atoms with Crippen molar-refractivity contribution in [1.29, 1.82) is 0 Å². The van der Waals surface area contributed by atoms with Crippen LogP contribution >= 0.6 is 0 Å². The fourth-order valence-corrected chi connectivity index (χ4v) is 2.92. The third-order valence-corrected chi connectivity index (χ3v) is 4.01. The molecule has 1 aromatic carbocycles. The molecule has 0 amide bonds. The molecule has 0 fully saturated rings. The first-order valence-corrected chi connectivity index (χ1v) is 7.14. The van der Waals surface area contributed by atoms with Crippen molar-refractivity contribution < 1.29 is 9.72 Å². The van der Waals surface area contributed by atoms with Crippen LogP contribution in [-0.2, 0) is 0 Å². The Bertz CT molecular complexity index is 858. The zero-order valence-corrected chi connectivity index (χ0v) is 13.1. The molecule has 8 heteroatoms. The number of hydrogen-bond donors (Lipinski definition) is 0. The molecule has 0 saturated carbocycles. The van der Waals surface area contributed by atoms with E-state index < -0.39 is 4.92 Å². The van der Waals surface area contributed by atoms with Crippen molar-refractivity contribution in [2.45, 2.75) is 0 Å². The molecule has 0 aliphatic rings. The summed E-state index contributed by atoms with van der Waals surface area (Å²) in [7, 11) is 0. The number of aldehydes is 1. The van der Waals surface area contributed by atoms with Crippen LogP contribution in [0, 0.1) is 10.1 Å². The van der Waals surface area contributed by atoms with Crippen LogP contribution in [0.2, 0.25) is 0 Å². The van der Waals surface area contributed by atoms with E-state index in [2.05, 4.69) is 10.1 Å². The van der Waals surface area contributed by atoms with Gasteiger partial charge in [0.2, 0.25) is 0 Å². The number of carbonyl (C=O) groups excluding carboxylic acids is 1. The van der Waals surface area contributed by atoms with Crippen molar-refractivity contribution in [3.8, 4) is 11.1 Å². The molecule has 3 aromatic rings. The average molecular weight is 344 g/mol. The maximum absolute atomic E-state index is 11.3. The Labute approximate surface area is 127 Å². The number of nitro benzene ring substituents is 1. The molecule has 0 aliphatic carbocycles. The molecule has 2 heterocycles. The van der Waals surface area contributed by atoms with Gasteiger partial charge in [-0.1, -0.05) is 0 Å². The van der Waals surface area contributed by atoms with Gasteiger partial charge in [0.25, 0.3) is 0 Å². The standard InChI is InChI=1S/C13H9AsN4O3/c14-13-12-11(8-1-3-10(4-2-8)18(20)21)9(6-19)5-17(12)16-7-15-13/h1-7H,14H2. The molecular formula is C13H9AsN4O3. The van der Waals surface area contributed by atoms with Crippen LogP contribution in [0.5, 0.6) is 0 Å². The number of benzene rings is 1. The summed E-state index contributed by atoms with van der Waals surface area (Å²) in [6, 6.07) is 6.08. The summed E-state index contributed by atoms with van der Waals surface area (Å²) in [5.74, 6) is 0. The number of nitro groups is 1. The summed E-state index contributed by atoms with van der Waals surface area (Å²) in [4.78, 5) is 25.7. The van der Waals surface area contributed by atoms with Gasteiger partial charge in [-0.3, -0.25) is 0 Å². The average Bonchev–Trinajstić information content (AvgIpc) is 2.87. The van der Waals surface area contributed by atoms with Gasteiger partial charge in [0.05, 0.1) is 0 Å². The summed E-state index contributed by atoms with van der Waals surface area (Å²) in [6.45, 7) is 0. The van der Waals surface area contributed by atoms with Crippen LogP contribution in [0.4, 0.5) is 5.69 Å². The number of carbonyl (C=O) groups is 1. The maximum atomic E-state index is 11.3. The van der Waals surface area contributed by atoms with Crippen molar-refractivity contribution in [3.05, 3.63) is 52.5 Å². The molecule has 0 spiro atoms. The van der Waals surface area contributed by atoms with E-state index in [1.165, 1.54) is 35.3 Å². The predicted molar refractivity (Wildman–Crippen MR) is 78.6 cm³/mol. The van der Waals surface area contributed by atoms with Gasteiger partial charge in [-0.25, -0.2) is 0 Å². The monoisotopic (exact) mass is 344 g/mol. The van der Waals surface area contributed by atoms with Crippen molar-refractivity contribution in [2.75, 3.05) is 0 Å². The molecule has 1 atom stereocenters. The van der Waals surface area contributed by atoms with E-state index in [0.717, 1.165) is 21.8 Å². The fourth-order valence-electron chi connectivity index (χ4n) is 2.20. The molecule has 0 aliphatic heterocycles. The van der Waals surface area contributed by atoms with Gasteiger partial charge < -0.3 is 0 Å². The van der Waals surface area contributed by atoms with E-state index in [0.29, 0.717) is 11.1 Å². The van der Waals surface area contributed by atoms with E-state index in [9.17, 15) is 14.9 Å². The molecule has 3 rings (SSSR count). The molecule has 1 unspecified atom stereocenters. The van der Waals surface area contributed by atoms with Gasteiger partial charge in [-0.05, 0) is 0 Å². The molecule has 21 heavy (non-hydrogen) atoms. The number of aromatic nitrogens is 3. The minimum atomic E-state index is -0.459. The normalized spacial score (nSPS) is 10.7. The number of fused-ring (bicyclic) bond motifs is 1. The SMILES string of the molecule is O=Cc1cn2ncnc([AsH2])c2c1-c1ccc([N+](=O)[O-])cc1. The number of non-ortho nitro benzene ring substituents is 1. The third-order valence-electron chi connectivity index (χ3n) is 3.13. The quantitative estimate of drug-likeness (QED) is 0.296. The summed E-state index contributed by atoms with van der Waals surface area (Å²) in [5.41, 5.74) is 2.64. The molecule has 0 bridgehead atoms. The van der Waals surface area contributed by atoms with Crippen molar-refractivity contribution in [2.24, 2.45) is 0 Å². The molecule has 104 valence electrons. The van der Waals surface area contributed by atoms with Crippen LogP contribution in [0.3, 0.4) is 0 Å². The van der Waals surface area contributed by atoms with E-state index in [1.807, 2.05) is 0 Å². The first-order chi connectivity index (χ1) is 10.1. The zero-order valence-electron chi connectivity index (χ0n) is 10.6. The Balaban J connectivity index is 2.28. The molecule has 0 radical (unpaired) electrons. The zero-order chi connectivity index (χ0) is 15.0. The number of hydrogen-bond acceptors (Lipinski definition) is 5. The molecule has 7 nitrogen and oxygen atoms in total. The first-order valence-electron chi connectivity index (χ1n) is 5.93. The van der Waals surface area contributed by atoms with E-state index in [-0.39, 0.29) is 5.69 Å². The van der Waals surface area contributed by atoms with Crippen LogP contribution in [0.15, 0.2) is 36.8 Å². The Morgan fingerprint density at radius 3 is 2.62 bits per heavy atom. The van der Waals surface area contributed by atoms with Crippen molar-refractivity contribution in [3.63, 3.8) is 0 Å². The van der Waals surface area contributed by atoms with Gasteiger partial charge >= 0.3 is 127 Å². The van der Waals surface area contributed by atoms with Crippen LogP contribution < -0.4 is 4.48 Å². The second-order valence-electron chi connectivity index (χ2n) is 4.32. The van der Waals surface area contributed by atoms with Gasteiger partial charge in [-0.2, -0.15) is 0 Å². The Morgan fingerprint density at radius 1 is 1.29 bits per heavy atom. The van der Waals surface area contributed by atoms with Gasteiger partial charge in [0.1, 0.15) is 0 Å². The Kier molecular flexibility index (Phi) is 3.27. The molecular weight excluding hydrogens is 335 g/mol. The summed E-state index contributed by atoms with van der Waals surface area (Å²) in [6.07, 6.45) is 3.81. The van der Waals surface area contributed by atoms with E-state index in [4.69, 9.17) is 0 Å². The van der Waals surface area contributed by atoms with E-state index >= 15 is 0 Å². The van der Waals surface area contributed by atoms with Crippen LogP contribution in [0.25, 0.3) is 16.6 Å². The van der Waals surface area contributed by atoms with Gasteiger partial charge in [0, 0.05) is 0 Å². The molecule has 2 aromatic heterocycles. The van der Waals surface area contributed by atoms with Crippen LogP contribution in [-0.4, -0.2) is 42.7 Å². The summed E-state index contributed by atoms with van der Waals surface area (Å²) < 4.78 is 2.39. The van der Waals surface area contributed by atoms with E-state index in [1.54, 1.807) is 22.8 Å². The number of nitrogens with zero attached hydrogens (tertiary/aromatic N) is 4. The van der Waals surface area contributed by atoms with Gasteiger partial charge in [-0.15, -0.1) is 0 Å². The Morgan fingerprint density at radius 2 is 2.00 bits per heavy atom. The second-order valence-corrected chi connectivity index (χ2v) is 5.47.